The Morgan fingerprint density at radius 2 is 1.65 bits per heavy atom. The van der Waals surface area contributed by atoms with Gasteiger partial charge in [-0.25, -0.2) is 0 Å². The van der Waals surface area contributed by atoms with Crippen LogP contribution in [0.5, 0.6) is 0 Å². The highest BCUT2D eigenvalue weighted by atomic mass is 16.7. The van der Waals surface area contributed by atoms with Crippen LogP contribution in [0.4, 0.5) is 0 Å². The SMILES string of the molecule is CC(=O)ON(C(C)(C)C)C(C)(C)C(C)C1(C)OCCO1. The molecule has 1 aliphatic heterocycles. The number of nitrogens with zero attached hydrogens (tertiary/aromatic N) is 1. The topological polar surface area (TPSA) is 48.0 Å². The summed E-state index contributed by atoms with van der Waals surface area (Å²) in [5, 5.41) is 1.75. The zero-order valence-electron chi connectivity index (χ0n) is 14.1. The fourth-order valence-corrected chi connectivity index (χ4v) is 2.85. The third kappa shape index (κ3) is 3.51. The lowest BCUT2D eigenvalue weighted by molar-refractivity contribution is -0.287. The van der Waals surface area contributed by atoms with Gasteiger partial charge in [-0.3, -0.25) is 4.79 Å². The van der Waals surface area contributed by atoms with Crippen LogP contribution in [0.25, 0.3) is 0 Å². The zero-order valence-corrected chi connectivity index (χ0v) is 14.1. The van der Waals surface area contributed by atoms with Crippen LogP contribution in [0, 0.1) is 5.92 Å². The second-order valence-electron chi connectivity index (χ2n) is 7.14. The maximum absolute atomic E-state index is 11.4. The quantitative estimate of drug-likeness (QED) is 0.744. The Labute approximate surface area is 122 Å². The molecule has 1 fully saturated rings. The maximum Gasteiger partial charge on any atom is 0.322 e. The van der Waals surface area contributed by atoms with Crippen molar-refractivity contribution < 1.29 is 19.1 Å². The van der Waals surface area contributed by atoms with E-state index in [4.69, 9.17) is 14.3 Å². The third-order valence-electron chi connectivity index (χ3n) is 4.06. The minimum atomic E-state index is -0.660. The molecule has 1 rings (SSSR count). The molecular formula is C15H29NO4. The molecule has 0 aromatic heterocycles. The Bertz CT molecular complexity index is 353. The molecule has 1 saturated heterocycles. The summed E-state index contributed by atoms with van der Waals surface area (Å²) in [5.74, 6) is -0.970. The van der Waals surface area contributed by atoms with Crippen LogP contribution in [-0.2, 0) is 19.1 Å². The van der Waals surface area contributed by atoms with Crippen molar-refractivity contribution in [3.63, 3.8) is 0 Å². The molecule has 0 saturated carbocycles. The summed E-state index contributed by atoms with van der Waals surface area (Å²) in [4.78, 5) is 16.9. The molecule has 1 heterocycles. The Morgan fingerprint density at radius 3 is 2.00 bits per heavy atom. The monoisotopic (exact) mass is 287 g/mol. The van der Waals surface area contributed by atoms with E-state index in [2.05, 4.69) is 6.92 Å². The van der Waals surface area contributed by atoms with Gasteiger partial charge in [-0.05, 0) is 41.5 Å². The fraction of sp³-hybridized carbons (Fsp3) is 0.933. The third-order valence-corrected chi connectivity index (χ3v) is 4.06. The molecular weight excluding hydrogens is 258 g/mol. The van der Waals surface area contributed by atoms with E-state index in [9.17, 15) is 4.79 Å². The van der Waals surface area contributed by atoms with Gasteiger partial charge >= 0.3 is 5.97 Å². The van der Waals surface area contributed by atoms with E-state index in [0.29, 0.717) is 13.2 Å². The van der Waals surface area contributed by atoms with Crippen LogP contribution in [0.3, 0.4) is 0 Å². The van der Waals surface area contributed by atoms with Crippen molar-refractivity contribution in [1.82, 2.24) is 5.06 Å². The van der Waals surface area contributed by atoms with E-state index in [1.54, 1.807) is 5.06 Å². The van der Waals surface area contributed by atoms with Crippen molar-refractivity contribution in [2.45, 2.75) is 72.3 Å². The van der Waals surface area contributed by atoms with E-state index in [0.717, 1.165) is 0 Å². The zero-order chi connectivity index (χ0) is 15.8. The van der Waals surface area contributed by atoms with Gasteiger partial charge in [0.15, 0.2) is 5.79 Å². The molecule has 20 heavy (non-hydrogen) atoms. The second kappa shape index (κ2) is 5.62. The number of ether oxygens (including phenoxy) is 2. The molecule has 0 aromatic carbocycles. The largest absolute Gasteiger partial charge is 0.367 e. The van der Waals surface area contributed by atoms with Crippen molar-refractivity contribution in [2.75, 3.05) is 13.2 Å². The van der Waals surface area contributed by atoms with Gasteiger partial charge in [0.05, 0.1) is 18.8 Å². The van der Waals surface area contributed by atoms with Gasteiger partial charge in [0, 0.05) is 18.4 Å². The normalized spacial score (nSPS) is 21.1. The van der Waals surface area contributed by atoms with Gasteiger partial charge < -0.3 is 14.3 Å². The molecule has 1 unspecified atom stereocenters. The number of carbonyl (C=O) groups excluding carboxylic acids is 1. The molecule has 118 valence electrons. The first-order valence-corrected chi connectivity index (χ1v) is 7.18. The highest BCUT2D eigenvalue weighted by Crippen LogP contribution is 2.40. The Kier molecular flexibility index (Phi) is 4.89. The Hall–Kier alpha value is -0.650. The van der Waals surface area contributed by atoms with Crippen molar-refractivity contribution in [3.05, 3.63) is 0 Å². The Balaban J connectivity index is 3.05. The number of hydrogen-bond donors (Lipinski definition) is 0. The van der Waals surface area contributed by atoms with E-state index >= 15 is 0 Å². The predicted molar refractivity (Wildman–Crippen MR) is 76.9 cm³/mol. The average Bonchev–Trinajstić information content (AvgIpc) is 2.71. The van der Waals surface area contributed by atoms with Crippen LogP contribution in [0.1, 0.15) is 55.4 Å². The minimum Gasteiger partial charge on any atom is -0.367 e. The highest BCUT2D eigenvalue weighted by Gasteiger charge is 2.51. The summed E-state index contributed by atoms with van der Waals surface area (Å²) >= 11 is 0. The fourth-order valence-electron chi connectivity index (χ4n) is 2.85. The molecule has 0 N–H and O–H groups in total. The predicted octanol–water partition coefficient (Wildman–Crippen LogP) is 2.74. The standard InChI is InChI=1S/C15H29NO4/c1-11(15(8)18-9-10-19-15)14(6,7)16(13(3,4)5)20-12(2)17/h11H,9-10H2,1-8H3. The summed E-state index contributed by atoms with van der Waals surface area (Å²) in [6.07, 6.45) is 0. The van der Waals surface area contributed by atoms with Gasteiger partial charge in [-0.15, -0.1) is 5.06 Å². The summed E-state index contributed by atoms with van der Waals surface area (Å²) in [6.45, 7) is 16.8. The lowest BCUT2D eigenvalue weighted by atomic mass is 9.80. The molecule has 0 aromatic rings. The van der Waals surface area contributed by atoms with Gasteiger partial charge in [0.1, 0.15) is 0 Å². The smallest absolute Gasteiger partial charge is 0.322 e. The van der Waals surface area contributed by atoms with E-state index in [1.165, 1.54) is 6.92 Å². The molecule has 0 radical (unpaired) electrons. The first kappa shape index (κ1) is 17.4. The molecule has 1 aliphatic rings. The van der Waals surface area contributed by atoms with Crippen LogP contribution in [0.15, 0.2) is 0 Å². The highest BCUT2D eigenvalue weighted by molar-refractivity contribution is 5.65. The summed E-state index contributed by atoms with van der Waals surface area (Å²) in [6, 6.07) is 0. The van der Waals surface area contributed by atoms with Gasteiger partial charge in [-0.2, -0.15) is 0 Å². The van der Waals surface area contributed by atoms with Gasteiger partial charge in [0.25, 0.3) is 0 Å². The number of carbonyl (C=O) groups is 1. The molecule has 5 nitrogen and oxygen atoms in total. The molecule has 0 spiro atoms. The van der Waals surface area contributed by atoms with Gasteiger partial charge in [0.2, 0.25) is 0 Å². The van der Waals surface area contributed by atoms with E-state index in [1.807, 2.05) is 41.5 Å². The molecule has 0 amide bonds. The lowest BCUT2D eigenvalue weighted by Crippen LogP contribution is -2.61. The van der Waals surface area contributed by atoms with Crippen molar-refractivity contribution in [3.8, 4) is 0 Å². The molecule has 0 bridgehead atoms. The first-order chi connectivity index (χ1) is 8.91. The van der Waals surface area contributed by atoms with Gasteiger partial charge in [-0.1, -0.05) is 6.92 Å². The maximum atomic E-state index is 11.4. The van der Waals surface area contributed by atoms with Crippen LogP contribution < -0.4 is 0 Å². The van der Waals surface area contributed by atoms with Crippen molar-refractivity contribution >= 4 is 5.97 Å². The van der Waals surface area contributed by atoms with E-state index in [-0.39, 0.29) is 17.4 Å². The minimum absolute atomic E-state index is 0.0103. The Morgan fingerprint density at radius 1 is 1.20 bits per heavy atom. The lowest BCUT2D eigenvalue weighted by Gasteiger charge is -2.50. The van der Waals surface area contributed by atoms with Crippen molar-refractivity contribution in [2.24, 2.45) is 5.92 Å². The van der Waals surface area contributed by atoms with Crippen LogP contribution in [-0.4, -0.2) is 41.1 Å². The van der Waals surface area contributed by atoms with E-state index < -0.39 is 11.3 Å². The average molecular weight is 287 g/mol. The molecule has 1 atom stereocenters. The summed E-state index contributed by atoms with van der Waals surface area (Å²) in [7, 11) is 0. The number of hydroxylamine groups is 2. The van der Waals surface area contributed by atoms with Crippen molar-refractivity contribution in [1.29, 1.82) is 0 Å². The number of hydrogen-bond acceptors (Lipinski definition) is 5. The first-order valence-electron chi connectivity index (χ1n) is 7.18. The summed E-state index contributed by atoms with van der Waals surface area (Å²) in [5.41, 5.74) is -0.762. The van der Waals surface area contributed by atoms with Crippen LogP contribution >= 0.6 is 0 Å². The molecule has 0 aliphatic carbocycles. The summed E-state index contributed by atoms with van der Waals surface area (Å²) < 4.78 is 11.5. The second-order valence-corrected chi connectivity index (χ2v) is 7.14. The number of rotatable bonds is 4. The van der Waals surface area contributed by atoms with Crippen LogP contribution in [0.2, 0.25) is 0 Å². The molecule has 5 heteroatoms.